The van der Waals surface area contributed by atoms with Gasteiger partial charge in [0.25, 0.3) is 0 Å². The second-order valence-electron chi connectivity index (χ2n) is 6.01. The van der Waals surface area contributed by atoms with Gasteiger partial charge in [-0.15, -0.1) is 0 Å². The molecule has 2 aliphatic rings. The van der Waals surface area contributed by atoms with E-state index in [1.54, 1.807) is 6.07 Å². The van der Waals surface area contributed by atoms with Crippen LogP contribution < -0.4 is 9.47 Å². The van der Waals surface area contributed by atoms with E-state index >= 15 is 0 Å². The highest BCUT2D eigenvalue weighted by Gasteiger charge is 2.43. The summed E-state index contributed by atoms with van der Waals surface area (Å²) in [5, 5.41) is 10.6. The van der Waals surface area contributed by atoms with Crippen LogP contribution in [-0.2, 0) is 0 Å². The SMILES string of the molecule is COc1cc(F)c(C(O)C2CC3CCC2C3)cc1OC. The lowest BCUT2D eigenvalue weighted by Crippen LogP contribution is -2.20. The minimum Gasteiger partial charge on any atom is -0.493 e. The van der Waals surface area contributed by atoms with Crippen LogP contribution in [0.3, 0.4) is 0 Å². The number of methoxy groups -OCH3 is 2. The Morgan fingerprint density at radius 1 is 1.15 bits per heavy atom. The third kappa shape index (κ3) is 2.16. The van der Waals surface area contributed by atoms with Gasteiger partial charge in [-0.2, -0.15) is 0 Å². The molecule has 2 saturated carbocycles. The molecule has 3 rings (SSSR count). The number of hydrogen-bond donors (Lipinski definition) is 1. The van der Waals surface area contributed by atoms with E-state index in [1.165, 1.54) is 39.5 Å². The fraction of sp³-hybridized carbons (Fsp3) is 0.625. The number of hydrogen-bond acceptors (Lipinski definition) is 3. The van der Waals surface area contributed by atoms with Gasteiger partial charge in [-0.05, 0) is 43.1 Å². The molecular formula is C16H21FO3. The largest absolute Gasteiger partial charge is 0.493 e. The maximum Gasteiger partial charge on any atom is 0.163 e. The summed E-state index contributed by atoms with van der Waals surface area (Å²) in [4.78, 5) is 0. The second kappa shape index (κ2) is 5.24. The molecule has 0 spiro atoms. The molecular weight excluding hydrogens is 259 g/mol. The van der Waals surface area contributed by atoms with Gasteiger partial charge in [0, 0.05) is 11.6 Å². The Kier molecular flexibility index (Phi) is 3.59. The normalized spacial score (nSPS) is 29.5. The van der Waals surface area contributed by atoms with E-state index in [9.17, 15) is 9.50 Å². The van der Waals surface area contributed by atoms with Crippen LogP contribution in [0.2, 0.25) is 0 Å². The molecule has 1 N–H and O–H groups in total. The Labute approximate surface area is 118 Å². The molecule has 0 heterocycles. The first kappa shape index (κ1) is 13.7. The monoisotopic (exact) mass is 280 g/mol. The van der Waals surface area contributed by atoms with Gasteiger partial charge < -0.3 is 14.6 Å². The van der Waals surface area contributed by atoms with Gasteiger partial charge in [0.2, 0.25) is 0 Å². The van der Waals surface area contributed by atoms with Crippen molar-refractivity contribution in [3.05, 3.63) is 23.5 Å². The van der Waals surface area contributed by atoms with Crippen molar-refractivity contribution in [3.8, 4) is 11.5 Å². The van der Waals surface area contributed by atoms with Crippen molar-refractivity contribution in [3.63, 3.8) is 0 Å². The van der Waals surface area contributed by atoms with Crippen molar-refractivity contribution >= 4 is 0 Å². The smallest absolute Gasteiger partial charge is 0.163 e. The van der Waals surface area contributed by atoms with E-state index in [2.05, 4.69) is 0 Å². The van der Waals surface area contributed by atoms with Crippen molar-refractivity contribution in [1.82, 2.24) is 0 Å². The maximum atomic E-state index is 14.2. The minimum atomic E-state index is -0.745. The number of benzene rings is 1. The fourth-order valence-corrected chi connectivity index (χ4v) is 4.01. The Morgan fingerprint density at radius 2 is 1.85 bits per heavy atom. The summed E-state index contributed by atoms with van der Waals surface area (Å²) in [7, 11) is 2.99. The summed E-state index contributed by atoms with van der Waals surface area (Å²) in [5.41, 5.74) is 0.334. The third-order valence-electron chi connectivity index (χ3n) is 5.02. The molecule has 1 aromatic carbocycles. The van der Waals surface area contributed by atoms with Crippen LogP contribution in [0.5, 0.6) is 11.5 Å². The average molecular weight is 280 g/mol. The predicted molar refractivity (Wildman–Crippen MR) is 73.4 cm³/mol. The Bertz CT molecular complexity index is 503. The summed E-state index contributed by atoms with van der Waals surface area (Å²) in [6, 6.07) is 2.87. The number of rotatable bonds is 4. The zero-order chi connectivity index (χ0) is 14.3. The van der Waals surface area contributed by atoms with Crippen LogP contribution >= 0.6 is 0 Å². The lowest BCUT2D eigenvalue weighted by atomic mass is 9.82. The molecule has 20 heavy (non-hydrogen) atoms. The average Bonchev–Trinajstić information content (AvgIpc) is 3.08. The fourth-order valence-electron chi connectivity index (χ4n) is 4.01. The van der Waals surface area contributed by atoms with Gasteiger partial charge in [-0.1, -0.05) is 6.42 Å². The molecule has 3 nitrogen and oxygen atoms in total. The summed E-state index contributed by atoms with van der Waals surface area (Å²) >= 11 is 0. The van der Waals surface area contributed by atoms with Crippen LogP contribution in [-0.4, -0.2) is 19.3 Å². The molecule has 0 aliphatic heterocycles. The van der Waals surface area contributed by atoms with E-state index in [-0.39, 0.29) is 5.92 Å². The van der Waals surface area contributed by atoms with Crippen molar-refractivity contribution in [1.29, 1.82) is 0 Å². The molecule has 0 aromatic heterocycles. The topological polar surface area (TPSA) is 38.7 Å². The molecule has 2 bridgehead atoms. The molecule has 4 atom stereocenters. The van der Waals surface area contributed by atoms with E-state index in [4.69, 9.17) is 9.47 Å². The first-order chi connectivity index (χ1) is 9.63. The van der Waals surface area contributed by atoms with Crippen LogP contribution in [0.15, 0.2) is 12.1 Å². The van der Waals surface area contributed by atoms with Crippen LogP contribution in [0.25, 0.3) is 0 Å². The second-order valence-corrected chi connectivity index (χ2v) is 6.01. The first-order valence-corrected chi connectivity index (χ1v) is 7.23. The third-order valence-corrected chi connectivity index (χ3v) is 5.02. The van der Waals surface area contributed by atoms with Crippen molar-refractivity contribution in [2.45, 2.75) is 31.8 Å². The predicted octanol–water partition coefficient (Wildman–Crippen LogP) is 3.31. The summed E-state index contributed by atoms with van der Waals surface area (Å²) < 4.78 is 24.5. The highest BCUT2D eigenvalue weighted by atomic mass is 19.1. The number of ether oxygens (including phenoxy) is 2. The Morgan fingerprint density at radius 3 is 2.40 bits per heavy atom. The standard InChI is InChI=1S/C16H21FO3/c1-19-14-7-12(13(17)8-15(14)20-2)16(18)11-6-9-3-4-10(11)5-9/h7-11,16,18H,3-6H2,1-2H3. The number of aliphatic hydroxyl groups excluding tert-OH is 1. The van der Waals surface area contributed by atoms with Crippen LogP contribution in [0.4, 0.5) is 4.39 Å². The van der Waals surface area contributed by atoms with Crippen LogP contribution in [0.1, 0.15) is 37.4 Å². The zero-order valence-electron chi connectivity index (χ0n) is 11.9. The molecule has 0 amide bonds. The lowest BCUT2D eigenvalue weighted by molar-refractivity contribution is 0.0711. The zero-order valence-corrected chi connectivity index (χ0v) is 11.9. The quantitative estimate of drug-likeness (QED) is 0.919. The van der Waals surface area contributed by atoms with E-state index in [1.807, 2.05) is 0 Å². The van der Waals surface area contributed by atoms with Crippen molar-refractivity contribution in [2.75, 3.05) is 14.2 Å². The van der Waals surface area contributed by atoms with Crippen LogP contribution in [0, 0.1) is 23.6 Å². The van der Waals surface area contributed by atoms with Gasteiger partial charge >= 0.3 is 0 Å². The molecule has 1 aromatic rings. The summed E-state index contributed by atoms with van der Waals surface area (Å²) in [5.74, 6) is 1.85. The summed E-state index contributed by atoms with van der Waals surface area (Å²) in [6.07, 6.45) is 3.89. The lowest BCUT2D eigenvalue weighted by Gasteiger charge is -2.27. The first-order valence-electron chi connectivity index (χ1n) is 7.23. The van der Waals surface area contributed by atoms with Crippen molar-refractivity contribution in [2.24, 2.45) is 17.8 Å². The number of halogens is 1. The molecule has 4 heteroatoms. The van der Waals surface area contributed by atoms with E-state index < -0.39 is 11.9 Å². The summed E-state index contributed by atoms with van der Waals surface area (Å²) in [6.45, 7) is 0. The Balaban J connectivity index is 1.89. The molecule has 2 fully saturated rings. The van der Waals surface area contributed by atoms with Crippen molar-refractivity contribution < 1.29 is 19.0 Å². The minimum absolute atomic E-state index is 0.182. The highest BCUT2D eigenvalue weighted by Crippen LogP contribution is 2.53. The van der Waals surface area contributed by atoms with E-state index in [0.29, 0.717) is 23.0 Å². The van der Waals surface area contributed by atoms with Gasteiger partial charge in [-0.25, -0.2) is 4.39 Å². The van der Waals surface area contributed by atoms with Gasteiger partial charge in [0.1, 0.15) is 5.82 Å². The molecule has 2 aliphatic carbocycles. The maximum absolute atomic E-state index is 14.2. The van der Waals surface area contributed by atoms with Gasteiger partial charge in [0.15, 0.2) is 11.5 Å². The molecule has 110 valence electrons. The molecule has 0 radical (unpaired) electrons. The molecule has 4 unspecified atom stereocenters. The van der Waals surface area contributed by atoms with Gasteiger partial charge in [0.05, 0.1) is 20.3 Å². The molecule has 0 saturated heterocycles. The highest BCUT2D eigenvalue weighted by molar-refractivity contribution is 5.44. The Hall–Kier alpha value is -1.29. The van der Waals surface area contributed by atoms with E-state index in [0.717, 1.165) is 12.3 Å². The number of fused-ring (bicyclic) bond motifs is 2. The number of aliphatic hydroxyl groups is 1. The van der Waals surface area contributed by atoms with Gasteiger partial charge in [-0.3, -0.25) is 0 Å².